The minimum absolute atomic E-state index is 0.0573. The third kappa shape index (κ3) is 3.85. The number of nitrogens with zero attached hydrogens (tertiary/aromatic N) is 2. The minimum Gasteiger partial charge on any atom is -0.507 e. The quantitative estimate of drug-likeness (QED) is 0.356. The number of aromatic hydroxyl groups is 1. The molecule has 1 heterocycles. The van der Waals surface area contributed by atoms with Gasteiger partial charge < -0.3 is 10.2 Å². The summed E-state index contributed by atoms with van der Waals surface area (Å²) in [5, 5.41) is 29.2. The van der Waals surface area contributed by atoms with Crippen LogP contribution in [0.25, 0.3) is 6.08 Å². The normalized spacial score (nSPS) is 16.2. The number of carboxylic acids is 1. The van der Waals surface area contributed by atoms with Crippen molar-refractivity contribution in [3.63, 3.8) is 0 Å². The zero-order chi connectivity index (χ0) is 17.1. The van der Waals surface area contributed by atoms with Crippen molar-refractivity contribution < 1.29 is 24.7 Å². The second kappa shape index (κ2) is 6.75. The Hall–Kier alpha value is -2.46. The van der Waals surface area contributed by atoms with Gasteiger partial charge in [-0.1, -0.05) is 24.0 Å². The molecule has 0 spiro atoms. The summed E-state index contributed by atoms with van der Waals surface area (Å²) in [7, 11) is 0. The average Bonchev–Trinajstić information content (AvgIpc) is 2.73. The lowest BCUT2D eigenvalue weighted by Crippen LogP contribution is -2.30. The standard InChI is InChI=1S/C13H10N2O6S2/c16-9-2-1-8(15(20)21)5-7(9)6-10-12(19)14(13(22)23-10)4-3-11(17)18/h1-2,5-6,16H,3-4H2,(H,17,18)/b10-6-. The molecule has 0 aromatic heterocycles. The maximum Gasteiger partial charge on any atom is 0.305 e. The Kier molecular flexibility index (Phi) is 4.96. The molecule has 1 aromatic carbocycles. The maximum absolute atomic E-state index is 12.2. The fourth-order valence-corrected chi connectivity index (χ4v) is 3.11. The van der Waals surface area contributed by atoms with Crippen LogP contribution in [0.5, 0.6) is 5.75 Å². The molecule has 1 aliphatic heterocycles. The molecule has 1 fully saturated rings. The first-order chi connectivity index (χ1) is 10.8. The van der Waals surface area contributed by atoms with Gasteiger partial charge in [-0.25, -0.2) is 0 Å². The van der Waals surface area contributed by atoms with Gasteiger partial charge >= 0.3 is 5.97 Å². The number of carbonyl (C=O) groups excluding carboxylic acids is 1. The molecule has 0 saturated carbocycles. The third-order valence-electron chi connectivity index (χ3n) is 2.93. The number of carbonyl (C=O) groups is 2. The number of carboxylic acid groups (broad SMARTS) is 1. The fraction of sp³-hybridized carbons (Fsp3) is 0.154. The molecule has 10 heteroatoms. The number of aliphatic carboxylic acids is 1. The summed E-state index contributed by atoms with van der Waals surface area (Å²) < 4.78 is 0.201. The van der Waals surface area contributed by atoms with Gasteiger partial charge in [0.1, 0.15) is 10.1 Å². The molecular weight excluding hydrogens is 344 g/mol. The number of rotatable bonds is 5. The molecule has 2 rings (SSSR count). The first-order valence-electron chi connectivity index (χ1n) is 6.24. The van der Waals surface area contributed by atoms with Gasteiger partial charge in [-0.2, -0.15) is 0 Å². The molecule has 23 heavy (non-hydrogen) atoms. The topological polar surface area (TPSA) is 121 Å². The molecule has 8 nitrogen and oxygen atoms in total. The number of nitro benzene ring substituents is 1. The summed E-state index contributed by atoms with van der Waals surface area (Å²) in [4.78, 5) is 34.3. The zero-order valence-electron chi connectivity index (χ0n) is 11.5. The van der Waals surface area contributed by atoms with Crippen molar-refractivity contribution in [1.29, 1.82) is 0 Å². The molecule has 2 N–H and O–H groups in total. The van der Waals surface area contributed by atoms with E-state index in [1.165, 1.54) is 6.08 Å². The lowest BCUT2D eigenvalue weighted by atomic mass is 10.1. The number of thioether (sulfide) groups is 1. The van der Waals surface area contributed by atoms with Gasteiger partial charge in [0.25, 0.3) is 11.6 Å². The average molecular weight is 354 g/mol. The number of amides is 1. The second-order valence-corrected chi connectivity index (χ2v) is 6.15. The van der Waals surface area contributed by atoms with Gasteiger partial charge in [0, 0.05) is 24.2 Å². The Labute approximate surface area is 139 Å². The van der Waals surface area contributed by atoms with Crippen LogP contribution < -0.4 is 0 Å². The summed E-state index contributed by atoms with van der Waals surface area (Å²) in [5.41, 5.74) is -0.117. The van der Waals surface area contributed by atoms with E-state index in [1.807, 2.05) is 0 Å². The molecule has 0 bridgehead atoms. The molecule has 0 aliphatic carbocycles. The summed E-state index contributed by atoms with van der Waals surface area (Å²) in [6.07, 6.45) is 1.05. The van der Waals surface area contributed by atoms with Crippen LogP contribution in [0.3, 0.4) is 0 Å². The van der Waals surface area contributed by atoms with E-state index < -0.39 is 16.8 Å². The zero-order valence-corrected chi connectivity index (χ0v) is 13.1. The number of benzene rings is 1. The Morgan fingerprint density at radius 1 is 1.48 bits per heavy atom. The molecule has 0 radical (unpaired) electrons. The monoisotopic (exact) mass is 354 g/mol. The van der Waals surface area contributed by atoms with Gasteiger partial charge in [-0.15, -0.1) is 0 Å². The van der Waals surface area contributed by atoms with Crippen molar-refractivity contribution in [2.24, 2.45) is 0 Å². The van der Waals surface area contributed by atoms with E-state index in [2.05, 4.69) is 0 Å². The molecule has 1 saturated heterocycles. The van der Waals surface area contributed by atoms with Crippen LogP contribution in [0.1, 0.15) is 12.0 Å². The Morgan fingerprint density at radius 3 is 2.78 bits per heavy atom. The summed E-state index contributed by atoms with van der Waals surface area (Å²) in [6.45, 7) is -0.0573. The third-order valence-corrected chi connectivity index (χ3v) is 4.31. The first-order valence-corrected chi connectivity index (χ1v) is 7.46. The highest BCUT2D eigenvalue weighted by Crippen LogP contribution is 2.35. The highest BCUT2D eigenvalue weighted by molar-refractivity contribution is 8.26. The van der Waals surface area contributed by atoms with Crippen molar-refractivity contribution >= 4 is 51.9 Å². The lowest BCUT2D eigenvalue weighted by Gasteiger charge is -2.12. The SMILES string of the molecule is O=C(O)CCN1C(=O)/C(=C/c2cc([N+](=O)[O-])ccc2O)SC1=S. The van der Waals surface area contributed by atoms with Crippen LogP contribution in [-0.4, -0.2) is 42.8 Å². The largest absolute Gasteiger partial charge is 0.507 e. The number of phenolic OH excluding ortho intramolecular Hbond substituents is 1. The maximum atomic E-state index is 12.2. The highest BCUT2D eigenvalue weighted by atomic mass is 32.2. The van der Waals surface area contributed by atoms with Crippen molar-refractivity contribution in [1.82, 2.24) is 4.90 Å². The first kappa shape index (κ1) is 16.9. The molecule has 1 aromatic rings. The Morgan fingerprint density at radius 2 is 2.17 bits per heavy atom. The Bertz CT molecular complexity index is 746. The van der Waals surface area contributed by atoms with Crippen LogP contribution in [0.15, 0.2) is 23.1 Å². The van der Waals surface area contributed by atoms with E-state index in [9.17, 15) is 24.8 Å². The minimum atomic E-state index is -1.06. The molecule has 1 amide bonds. The molecule has 1 aliphatic rings. The lowest BCUT2D eigenvalue weighted by molar-refractivity contribution is -0.384. The molecule has 0 atom stereocenters. The van der Waals surface area contributed by atoms with Gasteiger partial charge in [0.15, 0.2) is 0 Å². The van der Waals surface area contributed by atoms with Crippen LogP contribution in [0.4, 0.5) is 5.69 Å². The number of thiocarbonyl (C=S) groups is 1. The van der Waals surface area contributed by atoms with E-state index in [0.29, 0.717) is 0 Å². The van der Waals surface area contributed by atoms with Gasteiger partial charge in [-0.3, -0.25) is 24.6 Å². The van der Waals surface area contributed by atoms with Crippen LogP contribution in [0.2, 0.25) is 0 Å². The predicted molar refractivity (Wildman–Crippen MR) is 86.9 cm³/mol. The number of non-ortho nitro benzene ring substituents is 1. The molecule has 0 unspecified atom stereocenters. The number of hydrogen-bond donors (Lipinski definition) is 2. The van der Waals surface area contributed by atoms with E-state index in [0.717, 1.165) is 34.9 Å². The Balaban J connectivity index is 2.28. The molecular formula is C13H10N2O6S2. The second-order valence-electron chi connectivity index (χ2n) is 4.48. The van der Waals surface area contributed by atoms with Gasteiger partial charge in [0.2, 0.25) is 0 Å². The van der Waals surface area contributed by atoms with Gasteiger partial charge in [0.05, 0.1) is 16.2 Å². The number of hydrogen-bond acceptors (Lipinski definition) is 7. The van der Waals surface area contributed by atoms with E-state index in [-0.39, 0.29) is 39.2 Å². The van der Waals surface area contributed by atoms with E-state index >= 15 is 0 Å². The predicted octanol–water partition coefficient (Wildman–Crippen LogP) is 1.98. The number of nitro groups is 1. The fourth-order valence-electron chi connectivity index (χ4n) is 1.81. The smallest absolute Gasteiger partial charge is 0.305 e. The van der Waals surface area contributed by atoms with E-state index in [1.54, 1.807) is 0 Å². The summed E-state index contributed by atoms with van der Waals surface area (Å²) in [6, 6.07) is 3.44. The van der Waals surface area contributed by atoms with Crippen LogP contribution in [0, 0.1) is 10.1 Å². The van der Waals surface area contributed by atoms with Crippen molar-refractivity contribution in [3.05, 3.63) is 38.8 Å². The number of phenols is 1. The summed E-state index contributed by atoms with van der Waals surface area (Å²) in [5.74, 6) is -1.77. The van der Waals surface area contributed by atoms with Crippen molar-refractivity contribution in [3.8, 4) is 5.75 Å². The van der Waals surface area contributed by atoms with Gasteiger partial charge in [-0.05, 0) is 12.1 Å². The van der Waals surface area contributed by atoms with Crippen LogP contribution >= 0.6 is 24.0 Å². The van der Waals surface area contributed by atoms with Crippen molar-refractivity contribution in [2.45, 2.75) is 6.42 Å². The highest BCUT2D eigenvalue weighted by Gasteiger charge is 2.32. The summed E-state index contributed by atoms with van der Waals surface area (Å²) >= 11 is 5.97. The molecule has 120 valence electrons. The van der Waals surface area contributed by atoms with E-state index in [4.69, 9.17) is 17.3 Å². The van der Waals surface area contributed by atoms with Crippen LogP contribution in [-0.2, 0) is 9.59 Å². The van der Waals surface area contributed by atoms with Crippen molar-refractivity contribution in [2.75, 3.05) is 6.54 Å².